The number of methoxy groups -OCH3 is 1. The van der Waals surface area contributed by atoms with E-state index in [9.17, 15) is 9.59 Å². The molecule has 6 nitrogen and oxygen atoms in total. The second-order valence-electron chi connectivity index (χ2n) is 7.45. The van der Waals surface area contributed by atoms with Gasteiger partial charge in [-0.15, -0.1) is 0 Å². The van der Waals surface area contributed by atoms with Crippen molar-refractivity contribution in [3.63, 3.8) is 0 Å². The molecule has 124 valence electrons. The predicted molar refractivity (Wildman–Crippen MR) is 84.9 cm³/mol. The molecule has 2 aliphatic heterocycles. The van der Waals surface area contributed by atoms with E-state index in [0.29, 0.717) is 11.2 Å². The fourth-order valence-electron chi connectivity index (χ4n) is 4.02. The Hall–Kier alpha value is -2.02. The van der Waals surface area contributed by atoms with Crippen LogP contribution >= 0.6 is 0 Å². The lowest BCUT2D eigenvalue weighted by Crippen LogP contribution is -2.77. The molecule has 2 fully saturated rings. The molecule has 0 N–H and O–H groups in total. The quantitative estimate of drug-likeness (QED) is 0.760. The van der Waals surface area contributed by atoms with Gasteiger partial charge in [-0.05, 0) is 45.3 Å². The van der Waals surface area contributed by atoms with Gasteiger partial charge >= 0.3 is 18.6 Å². The average Bonchev–Trinajstić information content (AvgIpc) is 2.76. The maximum atomic E-state index is 12.6. The first-order valence-corrected chi connectivity index (χ1v) is 7.66. The number of rotatable bonds is 2. The average molecular weight is 319 g/mol. The Bertz CT molecular complexity index is 665. The number of ether oxygens (including phenoxy) is 1. The van der Waals surface area contributed by atoms with E-state index in [1.54, 1.807) is 59.1 Å². The second-order valence-corrected chi connectivity index (χ2v) is 7.45. The summed E-state index contributed by atoms with van der Waals surface area (Å²) >= 11 is 0. The molecule has 0 amide bonds. The Morgan fingerprint density at radius 1 is 0.957 bits per heavy atom. The summed E-state index contributed by atoms with van der Waals surface area (Å²) in [4.78, 5) is 25.1. The van der Waals surface area contributed by atoms with E-state index in [1.807, 2.05) is 7.05 Å². The lowest BCUT2D eigenvalue weighted by molar-refractivity contribution is -0.885. The lowest BCUT2D eigenvalue weighted by Gasteiger charge is -2.54. The summed E-state index contributed by atoms with van der Waals surface area (Å²) in [6, 6.07) is 7.13. The zero-order valence-electron chi connectivity index (χ0n) is 14.4. The molecule has 0 radical (unpaired) electrons. The highest BCUT2D eigenvalue weighted by atomic mass is 16.7. The number of hydrogen-bond donors (Lipinski definition) is 0. The van der Waals surface area contributed by atoms with Gasteiger partial charge in [0, 0.05) is 7.05 Å². The van der Waals surface area contributed by atoms with E-state index in [4.69, 9.17) is 14.0 Å². The topological polar surface area (TPSA) is 61.8 Å². The molecule has 0 aliphatic carbocycles. The molecule has 0 unspecified atom stereocenters. The minimum absolute atomic E-state index is 0.0595. The lowest BCUT2D eigenvalue weighted by atomic mass is 9.58. The smallest absolute Gasteiger partial charge is 0.596 e. The van der Waals surface area contributed by atoms with Crippen LogP contribution in [0.5, 0.6) is 5.75 Å². The molecule has 23 heavy (non-hydrogen) atoms. The fourth-order valence-corrected chi connectivity index (χ4v) is 4.02. The monoisotopic (exact) mass is 319 g/mol. The zero-order chi connectivity index (χ0) is 17.3. The van der Waals surface area contributed by atoms with Gasteiger partial charge in [-0.2, -0.15) is 0 Å². The van der Waals surface area contributed by atoms with Crippen LogP contribution in [0.1, 0.15) is 27.7 Å². The van der Waals surface area contributed by atoms with E-state index in [-0.39, 0.29) is 16.3 Å². The van der Waals surface area contributed by atoms with Gasteiger partial charge in [0.15, 0.2) is 11.1 Å². The molecule has 0 spiro atoms. The van der Waals surface area contributed by atoms with Crippen LogP contribution in [-0.4, -0.2) is 48.3 Å². The van der Waals surface area contributed by atoms with E-state index >= 15 is 0 Å². The highest BCUT2D eigenvalue weighted by Crippen LogP contribution is 2.51. The molecule has 0 atom stereocenters. The molecular weight excluding hydrogens is 297 g/mol. The molecular formula is C16H22BNO5. The van der Waals surface area contributed by atoms with Crippen molar-refractivity contribution in [3.05, 3.63) is 24.3 Å². The number of fused-ring (bicyclic) bond motifs is 1. The van der Waals surface area contributed by atoms with Gasteiger partial charge in [0.25, 0.3) is 0 Å². The Morgan fingerprint density at radius 3 is 1.78 bits per heavy atom. The summed E-state index contributed by atoms with van der Waals surface area (Å²) in [5.74, 6) is -0.0462. The van der Waals surface area contributed by atoms with Gasteiger partial charge in [0.1, 0.15) is 5.75 Å². The minimum Gasteiger partial charge on any atom is -0.596 e. The van der Waals surface area contributed by atoms with Crippen LogP contribution in [0.25, 0.3) is 0 Å². The van der Waals surface area contributed by atoms with Crippen LogP contribution in [-0.2, 0) is 18.9 Å². The van der Waals surface area contributed by atoms with E-state index < -0.39 is 17.8 Å². The van der Waals surface area contributed by atoms with Gasteiger partial charge < -0.3 is 18.4 Å². The van der Waals surface area contributed by atoms with Crippen LogP contribution in [0.4, 0.5) is 0 Å². The molecule has 3 rings (SSSR count). The van der Waals surface area contributed by atoms with Crippen LogP contribution in [0.2, 0.25) is 0 Å². The molecule has 1 aromatic rings. The molecule has 2 aliphatic rings. The Kier molecular flexibility index (Phi) is 2.96. The van der Waals surface area contributed by atoms with E-state index in [0.717, 1.165) is 0 Å². The number of hydrogen-bond acceptors (Lipinski definition) is 5. The summed E-state index contributed by atoms with van der Waals surface area (Å²) in [6.07, 6.45) is 0. The third-order valence-electron chi connectivity index (χ3n) is 6.07. The number of nitrogens with zero attached hydrogens (tertiary/aromatic N) is 1. The van der Waals surface area contributed by atoms with Crippen molar-refractivity contribution in [3.8, 4) is 5.75 Å². The molecule has 1 aromatic carbocycles. The van der Waals surface area contributed by atoms with Gasteiger partial charge in [-0.3, -0.25) is 0 Å². The summed E-state index contributed by atoms with van der Waals surface area (Å²) < 4.78 is 16.8. The summed E-state index contributed by atoms with van der Waals surface area (Å²) in [7, 11) is 3.44. The van der Waals surface area contributed by atoms with E-state index in [1.165, 1.54) is 0 Å². The normalized spacial score (nSPS) is 33.8. The van der Waals surface area contributed by atoms with Crippen LogP contribution in [0.15, 0.2) is 24.3 Å². The van der Waals surface area contributed by atoms with Crippen molar-refractivity contribution in [1.82, 2.24) is 0 Å². The highest BCUT2D eigenvalue weighted by Gasteiger charge is 2.80. The summed E-state index contributed by atoms with van der Waals surface area (Å²) in [5.41, 5.74) is -1.14. The second kappa shape index (κ2) is 4.29. The number of benzene rings is 1. The molecule has 0 saturated carbocycles. The van der Waals surface area contributed by atoms with Gasteiger partial charge in [-0.1, -0.05) is 12.1 Å². The largest absolute Gasteiger partial charge is 0.615 e. The SMILES string of the molecule is COc1ccc([B-]23OC(=O)C(C)(C)[N+]2(C)C(C)(C)C(=O)O3)cc1. The zero-order valence-corrected chi connectivity index (χ0v) is 14.4. The number of carbonyl (C=O) groups is 2. The first-order chi connectivity index (χ1) is 10.5. The van der Waals surface area contributed by atoms with Crippen molar-refractivity contribution in [2.45, 2.75) is 38.8 Å². The third-order valence-corrected chi connectivity index (χ3v) is 6.07. The number of carbonyl (C=O) groups excluding carboxylic acids is 2. The van der Waals surface area contributed by atoms with Crippen molar-refractivity contribution in [1.29, 1.82) is 0 Å². The minimum atomic E-state index is -2.32. The molecule has 2 heterocycles. The first kappa shape index (κ1) is 15.9. The number of quaternary nitrogens is 1. The van der Waals surface area contributed by atoms with E-state index in [2.05, 4.69) is 0 Å². The van der Waals surface area contributed by atoms with Crippen molar-refractivity contribution < 1.29 is 28.0 Å². The highest BCUT2D eigenvalue weighted by molar-refractivity contribution is 6.79. The Labute approximate surface area is 135 Å². The summed E-state index contributed by atoms with van der Waals surface area (Å²) in [6.45, 7) is 4.87. The Balaban J connectivity index is 2.27. The standard InChI is InChI=1S/C16H22BNO5/c1-15(2)13(19)22-17(11-7-9-12(21-6)10-8-11)18(15,5)16(3,4)14(20)23-17/h7-10H,1-6H3. The molecule has 7 heteroatoms. The number of likely N-dealkylation sites (N-methyl/N-ethyl adjacent to an activating group) is 1. The van der Waals surface area contributed by atoms with Crippen molar-refractivity contribution in [2.75, 3.05) is 14.2 Å². The maximum absolute atomic E-state index is 12.6. The van der Waals surface area contributed by atoms with Crippen molar-refractivity contribution >= 4 is 24.1 Å². The third kappa shape index (κ3) is 1.53. The molecule has 0 aromatic heterocycles. The maximum Gasteiger partial charge on any atom is 0.615 e. The van der Waals surface area contributed by atoms with Crippen LogP contribution in [0.3, 0.4) is 0 Å². The Morgan fingerprint density at radius 2 is 1.39 bits per heavy atom. The fraction of sp³-hybridized carbons (Fsp3) is 0.500. The molecule has 2 saturated heterocycles. The molecule has 0 bridgehead atoms. The van der Waals surface area contributed by atoms with Crippen molar-refractivity contribution in [2.24, 2.45) is 0 Å². The summed E-state index contributed by atoms with van der Waals surface area (Å²) in [5, 5.41) is 0. The van der Waals surface area contributed by atoms with Crippen LogP contribution in [0, 0.1) is 0 Å². The van der Waals surface area contributed by atoms with Crippen LogP contribution < -0.4 is 10.2 Å². The van der Waals surface area contributed by atoms with Gasteiger partial charge in [0.2, 0.25) is 0 Å². The first-order valence-electron chi connectivity index (χ1n) is 7.66. The predicted octanol–water partition coefficient (Wildman–Crippen LogP) is 0.958. The van der Waals surface area contributed by atoms with Gasteiger partial charge in [-0.25, -0.2) is 9.59 Å². The van der Waals surface area contributed by atoms with Gasteiger partial charge in [0.05, 0.1) is 7.11 Å².